The zero-order valence-corrected chi connectivity index (χ0v) is 14.9. The van der Waals surface area contributed by atoms with Crippen molar-refractivity contribution in [1.29, 1.82) is 0 Å². The maximum atomic E-state index is 12.0. The van der Waals surface area contributed by atoms with Crippen LogP contribution in [0.2, 0.25) is 0 Å². The molecule has 0 saturated heterocycles. The number of hydrogen-bond donors (Lipinski definition) is 2. The van der Waals surface area contributed by atoms with Crippen LogP contribution in [0.3, 0.4) is 0 Å². The van der Waals surface area contributed by atoms with Crippen LogP contribution in [0.5, 0.6) is 0 Å². The summed E-state index contributed by atoms with van der Waals surface area (Å²) in [6, 6.07) is 8.08. The smallest absolute Gasteiger partial charge is 0.230 e. The van der Waals surface area contributed by atoms with Gasteiger partial charge in [0.25, 0.3) is 0 Å². The van der Waals surface area contributed by atoms with Gasteiger partial charge in [-0.15, -0.1) is 5.10 Å². The molecule has 0 radical (unpaired) electrons. The number of aromatic amines is 1. The zero-order chi connectivity index (χ0) is 16.8. The lowest BCUT2D eigenvalue weighted by molar-refractivity contribution is -0.118. The summed E-state index contributed by atoms with van der Waals surface area (Å²) < 4.78 is 0. The highest BCUT2D eigenvalue weighted by molar-refractivity contribution is 7.99. The molecule has 5 nitrogen and oxygen atoms in total. The van der Waals surface area contributed by atoms with Crippen molar-refractivity contribution >= 4 is 17.7 Å². The van der Waals surface area contributed by atoms with E-state index in [4.69, 9.17) is 0 Å². The first-order valence-electron chi connectivity index (χ1n) is 8.56. The number of hydrogen-bond acceptors (Lipinski definition) is 4. The third-order valence-electron chi connectivity index (χ3n) is 4.54. The monoisotopic (exact) mass is 344 g/mol. The average Bonchev–Trinajstić information content (AvgIpc) is 3.24. The number of aromatic nitrogens is 3. The second-order valence-electron chi connectivity index (χ2n) is 6.41. The Kier molecular flexibility index (Phi) is 5.91. The zero-order valence-electron chi connectivity index (χ0n) is 14.0. The van der Waals surface area contributed by atoms with E-state index in [0.29, 0.717) is 17.5 Å². The molecule has 1 amide bonds. The Morgan fingerprint density at radius 2 is 2.12 bits per heavy atom. The lowest BCUT2D eigenvalue weighted by Gasteiger charge is -2.07. The molecule has 1 aliphatic carbocycles. The summed E-state index contributed by atoms with van der Waals surface area (Å²) >= 11 is 1.38. The molecule has 3 rings (SSSR count). The number of carbonyl (C=O) groups is 1. The number of thioether (sulfide) groups is 1. The molecule has 1 fully saturated rings. The largest absolute Gasteiger partial charge is 0.351 e. The number of carbonyl (C=O) groups excluding carboxylic acids is 1. The van der Waals surface area contributed by atoms with E-state index in [0.717, 1.165) is 23.7 Å². The summed E-state index contributed by atoms with van der Waals surface area (Å²) in [6.07, 6.45) is 6.24. The van der Waals surface area contributed by atoms with Crippen LogP contribution in [0, 0.1) is 12.8 Å². The van der Waals surface area contributed by atoms with Gasteiger partial charge in [-0.2, -0.15) is 0 Å². The van der Waals surface area contributed by atoms with E-state index in [-0.39, 0.29) is 5.91 Å². The van der Waals surface area contributed by atoms with E-state index in [1.165, 1.54) is 43.0 Å². The fourth-order valence-corrected chi connectivity index (χ4v) is 3.75. The predicted octanol–water partition coefficient (Wildman–Crippen LogP) is 3.25. The summed E-state index contributed by atoms with van der Waals surface area (Å²) in [6.45, 7) is 2.61. The van der Waals surface area contributed by atoms with Gasteiger partial charge in [-0.1, -0.05) is 61.7 Å². The molecule has 6 heteroatoms. The van der Waals surface area contributed by atoms with Gasteiger partial charge in [0.1, 0.15) is 5.82 Å². The number of nitrogens with one attached hydrogen (secondary N) is 2. The Bertz CT molecular complexity index is 679. The van der Waals surface area contributed by atoms with E-state index in [1.54, 1.807) is 0 Å². The van der Waals surface area contributed by atoms with E-state index in [2.05, 4.69) is 33.5 Å². The molecule has 128 valence electrons. The Morgan fingerprint density at radius 3 is 2.92 bits per heavy atom. The van der Waals surface area contributed by atoms with E-state index in [1.807, 2.05) is 18.2 Å². The van der Waals surface area contributed by atoms with Gasteiger partial charge in [-0.05, 0) is 24.0 Å². The first-order chi connectivity index (χ1) is 11.7. The number of rotatable bonds is 7. The molecule has 1 aliphatic rings. The van der Waals surface area contributed by atoms with Crippen molar-refractivity contribution in [2.24, 2.45) is 5.92 Å². The van der Waals surface area contributed by atoms with Crippen LogP contribution in [0.15, 0.2) is 29.4 Å². The van der Waals surface area contributed by atoms with Crippen LogP contribution in [-0.4, -0.2) is 26.8 Å². The second kappa shape index (κ2) is 8.33. The standard InChI is InChI=1S/C18H24N4OS/c1-13-6-2-5-9-15(13)11-19-17(23)12-24-18-20-16(21-22-18)10-14-7-3-4-8-14/h2,5-6,9,14H,3-4,7-8,10-12H2,1H3,(H,19,23)(H,20,21,22). The highest BCUT2D eigenvalue weighted by Crippen LogP contribution is 2.27. The van der Waals surface area contributed by atoms with E-state index < -0.39 is 0 Å². The molecule has 0 unspecified atom stereocenters. The van der Waals surface area contributed by atoms with Crippen molar-refractivity contribution in [3.8, 4) is 0 Å². The Morgan fingerprint density at radius 1 is 1.33 bits per heavy atom. The van der Waals surface area contributed by atoms with Crippen molar-refractivity contribution in [3.63, 3.8) is 0 Å². The molecule has 0 bridgehead atoms. The number of aryl methyl sites for hydroxylation is 1. The van der Waals surface area contributed by atoms with Crippen molar-refractivity contribution in [2.75, 3.05) is 5.75 Å². The topological polar surface area (TPSA) is 70.7 Å². The van der Waals surface area contributed by atoms with Crippen LogP contribution in [0.25, 0.3) is 0 Å². The Labute approximate surface area is 147 Å². The molecular weight excluding hydrogens is 320 g/mol. The molecule has 0 aliphatic heterocycles. The average molecular weight is 344 g/mol. The fraction of sp³-hybridized carbons (Fsp3) is 0.500. The first-order valence-corrected chi connectivity index (χ1v) is 9.54. The van der Waals surface area contributed by atoms with Gasteiger partial charge in [0.15, 0.2) is 0 Å². The summed E-state index contributed by atoms with van der Waals surface area (Å²) in [5, 5.41) is 10.8. The summed E-state index contributed by atoms with van der Waals surface area (Å²) in [7, 11) is 0. The van der Waals surface area contributed by atoms with E-state index in [9.17, 15) is 4.79 Å². The maximum Gasteiger partial charge on any atom is 0.230 e. The maximum absolute atomic E-state index is 12.0. The molecule has 2 N–H and O–H groups in total. The second-order valence-corrected chi connectivity index (χ2v) is 7.35. The van der Waals surface area contributed by atoms with Crippen LogP contribution < -0.4 is 5.32 Å². The molecule has 1 heterocycles. The van der Waals surface area contributed by atoms with Crippen LogP contribution in [0.1, 0.15) is 42.6 Å². The summed E-state index contributed by atoms with van der Waals surface area (Å²) in [5.41, 5.74) is 2.34. The van der Waals surface area contributed by atoms with E-state index >= 15 is 0 Å². The molecule has 1 aromatic carbocycles. The van der Waals surface area contributed by atoms with Gasteiger partial charge in [0.2, 0.25) is 11.1 Å². The van der Waals surface area contributed by atoms with Crippen molar-refractivity contribution in [1.82, 2.24) is 20.5 Å². The van der Waals surface area contributed by atoms with Gasteiger partial charge in [-0.25, -0.2) is 4.98 Å². The highest BCUT2D eigenvalue weighted by atomic mass is 32.2. The minimum atomic E-state index is 0.00500. The van der Waals surface area contributed by atoms with Gasteiger partial charge in [0, 0.05) is 13.0 Å². The lowest BCUT2D eigenvalue weighted by atomic mass is 10.0. The number of benzene rings is 1. The molecule has 1 saturated carbocycles. The molecule has 2 aromatic rings. The highest BCUT2D eigenvalue weighted by Gasteiger charge is 2.17. The first kappa shape index (κ1) is 17.0. The summed E-state index contributed by atoms with van der Waals surface area (Å²) in [5.74, 6) is 2.04. The molecule has 24 heavy (non-hydrogen) atoms. The minimum Gasteiger partial charge on any atom is -0.351 e. The van der Waals surface area contributed by atoms with Crippen molar-refractivity contribution in [2.45, 2.75) is 50.7 Å². The lowest BCUT2D eigenvalue weighted by Crippen LogP contribution is -2.24. The molecule has 1 aromatic heterocycles. The molecular formula is C18H24N4OS. The van der Waals surface area contributed by atoms with Crippen LogP contribution >= 0.6 is 11.8 Å². The Hall–Kier alpha value is -1.82. The SMILES string of the molecule is Cc1ccccc1CNC(=O)CSc1n[nH]c(CC2CCCC2)n1. The van der Waals surface area contributed by atoms with Crippen molar-refractivity contribution in [3.05, 3.63) is 41.2 Å². The van der Waals surface area contributed by atoms with Crippen LogP contribution in [-0.2, 0) is 17.8 Å². The third kappa shape index (κ3) is 4.84. The predicted molar refractivity (Wildman–Crippen MR) is 95.8 cm³/mol. The number of nitrogens with zero attached hydrogens (tertiary/aromatic N) is 2. The van der Waals surface area contributed by atoms with Crippen molar-refractivity contribution < 1.29 is 4.79 Å². The van der Waals surface area contributed by atoms with Gasteiger partial charge >= 0.3 is 0 Å². The number of amides is 1. The molecule has 0 spiro atoms. The molecule has 0 atom stereocenters. The number of H-pyrrole nitrogens is 1. The van der Waals surface area contributed by atoms with Gasteiger partial charge in [0.05, 0.1) is 5.75 Å². The third-order valence-corrected chi connectivity index (χ3v) is 5.38. The van der Waals surface area contributed by atoms with Gasteiger partial charge < -0.3 is 5.32 Å². The normalized spacial score (nSPS) is 14.9. The van der Waals surface area contributed by atoms with Crippen LogP contribution in [0.4, 0.5) is 0 Å². The quantitative estimate of drug-likeness (QED) is 0.756. The minimum absolute atomic E-state index is 0.00500. The summed E-state index contributed by atoms with van der Waals surface area (Å²) in [4.78, 5) is 16.5. The fourth-order valence-electron chi connectivity index (χ4n) is 3.10. The van der Waals surface area contributed by atoms with Gasteiger partial charge in [-0.3, -0.25) is 9.89 Å². The Balaban J connectivity index is 1.41.